The van der Waals surface area contributed by atoms with Gasteiger partial charge < -0.3 is 14.8 Å². The summed E-state index contributed by atoms with van der Waals surface area (Å²) < 4.78 is 24.9. The van der Waals surface area contributed by atoms with Gasteiger partial charge in [-0.05, 0) is 61.6 Å². The van der Waals surface area contributed by atoms with E-state index >= 15 is 0 Å². The number of nitrogens with one attached hydrogen (secondary N) is 1. The van der Waals surface area contributed by atoms with Crippen molar-refractivity contribution < 1.29 is 18.7 Å². The summed E-state index contributed by atoms with van der Waals surface area (Å²) in [7, 11) is 0. The number of rotatable bonds is 6. The van der Waals surface area contributed by atoms with E-state index in [0.29, 0.717) is 25.6 Å². The Bertz CT molecular complexity index is 858. The number of carbonyl (C=O) groups is 1. The van der Waals surface area contributed by atoms with E-state index < -0.39 is 5.82 Å². The number of benzene rings is 2. The first-order valence-electron chi connectivity index (χ1n) is 10.3. The summed E-state index contributed by atoms with van der Waals surface area (Å²) in [6, 6.07) is 12.4. The van der Waals surface area contributed by atoms with Gasteiger partial charge in [0.05, 0.1) is 5.69 Å². The largest absolute Gasteiger partial charge is 0.486 e. The molecule has 0 spiro atoms. The van der Waals surface area contributed by atoms with E-state index in [1.165, 1.54) is 11.6 Å². The zero-order valence-corrected chi connectivity index (χ0v) is 16.5. The van der Waals surface area contributed by atoms with Crippen LogP contribution in [0.15, 0.2) is 42.5 Å². The molecule has 0 bridgehead atoms. The van der Waals surface area contributed by atoms with Crippen molar-refractivity contribution in [1.29, 1.82) is 0 Å². The Morgan fingerprint density at radius 1 is 1.14 bits per heavy atom. The van der Waals surface area contributed by atoms with E-state index in [9.17, 15) is 9.18 Å². The topological polar surface area (TPSA) is 50.8 Å². The zero-order chi connectivity index (χ0) is 20.1. The lowest BCUT2D eigenvalue weighted by atomic mass is 9.93. The molecule has 154 valence electrons. The van der Waals surface area contributed by atoms with E-state index in [1.807, 2.05) is 6.07 Å². The second-order valence-electron chi connectivity index (χ2n) is 7.79. The van der Waals surface area contributed by atoms with Crippen molar-refractivity contribution in [3.8, 4) is 11.5 Å². The van der Waals surface area contributed by atoms with Crippen LogP contribution in [0.1, 0.15) is 31.2 Å². The highest BCUT2D eigenvalue weighted by atomic mass is 19.1. The molecule has 1 amide bonds. The quantitative estimate of drug-likeness (QED) is 0.791. The molecule has 2 aromatic carbocycles. The molecule has 29 heavy (non-hydrogen) atoms. The average Bonchev–Trinajstić information content (AvgIpc) is 2.74. The van der Waals surface area contributed by atoms with Gasteiger partial charge in [-0.1, -0.05) is 18.2 Å². The highest BCUT2D eigenvalue weighted by molar-refractivity contribution is 5.90. The number of carbonyl (C=O) groups excluding carboxylic acids is 1. The van der Waals surface area contributed by atoms with Crippen molar-refractivity contribution in [2.75, 3.05) is 31.6 Å². The standard InChI is InChI=1S/C23H27FN2O3/c24-19-5-1-2-6-20(19)25-23(27)10-8-17-4-3-11-26(15-17)16-18-7-9-21-22(14-18)29-13-12-28-21/h1-2,5-7,9,14,17H,3-4,8,10-13,15-16H2,(H,25,27)/t17-/m0/s1. The monoisotopic (exact) mass is 398 g/mol. The van der Waals surface area contributed by atoms with Crippen LogP contribution in [0.25, 0.3) is 0 Å². The molecule has 1 atom stereocenters. The number of hydrogen-bond acceptors (Lipinski definition) is 4. The van der Waals surface area contributed by atoms with Crippen LogP contribution in [0.5, 0.6) is 11.5 Å². The molecule has 0 aromatic heterocycles. The van der Waals surface area contributed by atoms with E-state index in [-0.39, 0.29) is 11.6 Å². The van der Waals surface area contributed by atoms with Crippen molar-refractivity contribution in [3.63, 3.8) is 0 Å². The number of anilines is 1. The summed E-state index contributed by atoms with van der Waals surface area (Å²) in [5, 5.41) is 2.68. The highest BCUT2D eigenvalue weighted by Gasteiger charge is 2.22. The van der Waals surface area contributed by atoms with E-state index in [2.05, 4.69) is 22.3 Å². The molecule has 0 unspecified atom stereocenters. The number of hydrogen-bond donors (Lipinski definition) is 1. The van der Waals surface area contributed by atoms with Crippen molar-refractivity contribution in [2.45, 2.75) is 32.2 Å². The Labute approximate surface area is 170 Å². The van der Waals surface area contributed by atoms with Crippen LogP contribution in [0.4, 0.5) is 10.1 Å². The molecule has 2 heterocycles. The SMILES string of the molecule is O=C(CC[C@@H]1CCCN(Cc2ccc3c(c2)OCCO3)C1)Nc1ccccc1F. The Morgan fingerprint density at radius 2 is 1.97 bits per heavy atom. The molecule has 4 rings (SSSR count). The third kappa shape index (κ3) is 5.26. The highest BCUT2D eigenvalue weighted by Crippen LogP contribution is 2.32. The number of amides is 1. The van der Waals surface area contributed by atoms with E-state index in [4.69, 9.17) is 9.47 Å². The van der Waals surface area contributed by atoms with E-state index in [0.717, 1.165) is 50.4 Å². The third-order valence-electron chi connectivity index (χ3n) is 5.54. The number of halogens is 1. The van der Waals surface area contributed by atoms with Gasteiger partial charge in [-0.2, -0.15) is 0 Å². The van der Waals surface area contributed by atoms with Crippen LogP contribution in [0.3, 0.4) is 0 Å². The Balaban J connectivity index is 1.26. The van der Waals surface area contributed by atoms with Crippen LogP contribution in [-0.2, 0) is 11.3 Å². The molecule has 2 aromatic rings. The maximum absolute atomic E-state index is 13.7. The number of para-hydroxylation sites is 1. The second kappa shape index (κ2) is 9.27. The molecule has 1 N–H and O–H groups in total. The molecule has 0 saturated carbocycles. The Hall–Kier alpha value is -2.60. The molecule has 6 heteroatoms. The van der Waals surface area contributed by atoms with Gasteiger partial charge in [-0.25, -0.2) is 4.39 Å². The van der Waals surface area contributed by atoms with Gasteiger partial charge in [0.15, 0.2) is 11.5 Å². The summed E-state index contributed by atoms with van der Waals surface area (Å²) in [5.41, 5.74) is 1.47. The predicted molar refractivity (Wildman–Crippen MR) is 110 cm³/mol. The maximum atomic E-state index is 13.7. The fraction of sp³-hybridized carbons (Fsp3) is 0.435. The summed E-state index contributed by atoms with van der Waals surface area (Å²) in [6.45, 7) is 4.10. The third-order valence-corrected chi connectivity index (χ3v) is 5.54. The van der Waals surface area contributed by atoms with Crippen LogP contribution < -0.4 is 14.8 Å². The number of piperidine rings is 1. The van der Waals surface area contributed by atoms with Gasteiger partial charge in [0.1, 0.15) is 19.0 Å². The maximum Gasteiger partial charge on any atom is 0.224 e. The van der Waals surface area contributed by atoms with Gasteiger partial charge in [0, 0.05) is 19.5 Å². The van der Waals surface area contributed by atoms with Crippen molar-refractivity contribution in [3.05, 3.63) is 53.8 Å². The predicted octanol–water partition coefficient (Wildman–Crippen LogP) is 4.23. The van der Waals surface area contributed by atoms with Gasteiger partial charge in [-0.15, -0.1) is 0 Å². The molecule has 1 saturated heterocycles. The Kier molecular flexibility index (Phi) is 6.30. The molecular weight excluding hydrogens is 371 g/mol. The lowest BCUT2D eigenvalue weighted by Crippen LogP contribution is -2.35. The Morgan fingerprint density at radius 3 is 2.83 bits per heavy atom. The normalized spacial score (nSPS) is 19.0. The molecule has 2 aliphatic rings. The molecular formula is C23H27FN2O3. The van der Waals surface area contributed by atoms with Crippen molar-refractivity contribution in [2.24, 2.45) is 5.92 Å². The first-order valence-corrected chi connectivity index (χ1v) is 10.3. The average molecular weight is 398 g/mol. The second-order valence-corrected chi connectivity index (χ2v) is 7.79. The van der Waals surface area contributed by atoms with Crippen LogP contribution in [-0.4, -0.2) is 37.1 Å². The first-order chi connectivity index (χ1) is 14.2. The smallest absolute Gasteiger partial charge is 0.224 e. The molecule has 2 aliphatic heterocycles. The molecule has 0 radical (unpaired) electrons. The summed E-state index contributed by atoms with van der Waals surface area (Å²) in [4.78, 5) is 14.6. The molecule has 5 nitrogen and oxygen atoms in total. The zero-order valence-electron chi connectivity index (χ0n) is 16.5. The lowest BCUT2D eigenvalue weighted by molar-refractivity contribution is -0.116. The van der Waals surface area contributed by atoms with E-state index in [1.54, 1.807) is 18.2 Å². The number of likely N-dealkylation sites (tertiary alicyclic amines) is 1. The number of nitrogens with zero attached hydrogens (tertiary/aromatic N) is 1. The number of fused-ring (bicyclic) bond motifs is 1. The van der Waals surface area contributed by atoms with Gasteiger partial charge >= 0.3 is 0 Å². The van der Waals surface area contributed by atoms with Crippen LogP contribution >= 0.6 is 0 Å². The minimum absolute atomic E-state index is 0.126. The fourth-order valence-electron chi connectivity index (χ4n) is 4.09. The summed E-state index contributed by atoms with van der Waals surface area (Å²) in [6.07, 6.45) is 3.49. The number of ether oxygens (including phenoxy) is 2. The summed E-state index contributed by atoms with van der Waals surface area (Å²) in [5.74, 6) is 1.60. The van der Waals surface area contributed by atoms with Crippen LogP contribution in [0, 0.1) is 11.7 Å². The summed E-state index contributed by atoms with van der Waals surface area (Å²) >= 11 is 0. The van der Waals surface area contributed by atoms with Gasteiger partial charge in [0.25, 0.3) is 0 Å². The fourth-order valence-corrected chi connectivity index (χ4v) is 4.09. The van der Waals surface area contributed by atoms with Crippen LogP contribution in [0.2, 0.25) is 0 Å². The van der Waals surface area contributed by atoms with Gasteiger partial charge in [-0.3, -0.25) is 9.69 Å². The first kappa shape index (κ1) is 19.7. The van der Waals surface area contributed by atoms with Gasteiger partial charge in [0.2, 0.25) is 5.91 Å². The molecule has 0 aliphatic carbocycles. The lowest BCUT2D eigenvalue weighted by Gasteiger charge is -2.33. The van der Waals surface area contributed by atoms with Crippen molar-refractivity contribution in [1.82, 2.24) is 4.90 Å². The minimum Gasteiger partial charge on any atom is -0.486 e. The van der Waals surface area contributed by atoms with Crippen molar-refractivity contribution >= 4 is 11.6 Å². The molecule has 1 fully saturated rings. The minimum atomic E-state index is -0.399.